The maximum atomic E-state index is 14.1. The van der Waals surface area contributed by atoms with E-state index in [-0.39, 0.29) is 30.0 Å². The van der Waals surface area contributed by atoms with Crippen LogP contribution in [0.2, 0.25) is 0 Å². The number of hydrogen-bond acceptors (Lipinski definition) is 2. The fourth-order valence-electron chi connectivity index (χ4n) is 1.86. The van der Waals surface area contributed by atoms with Gasteiger partial charge in [-0.15, -0.1) is 12.4 Å². The van der Waals surface area contributed by atoms with Crippen LogP contribution in [-0.2, 0) is 0 Å². The molecular formula is C15H17ClFNO. The molecule has 2 nitrogen and oxygen atoms in total. The molecule has 19 heavy (non-hydrogen) atoms. The van der Waals surface area contributed by atoms with Gasteiger partial charge in [0.05, 0.1) is 7.11 Å². The highest BCUT2D eigenvalue weighted by molar-refractivity contribution is 5.85. The SMILES string of the molecule is COc1cccc(-c2ccc(C(C)N)cc2)c1F.Cl. The standard InChI is InChI=1S/C15H16FNO.ClH/c1-10(17)11-6-8-12(9-7-11)13-4-3-5-14(18-2)15(13)16;/h3-10H,17H2,1-2H3;1H. The molecule has 2 N–H and O–H groups in total. The van der Waals surface area contributed by atoms with Crippen LogP contribution in [0.25, 0.3) is 11.1 Å². The fourth-order valence-corrected chi connectivity index (χ4v) is 1.86. The van der Waals surface area contributed by atoms with E-state index in [0.29, 0.717) is 5.56 Å². The molecule has 102 valence electrons. The van der Waals surface area contributed by atoms with Crippen molar-refractivity contribution in [1.82, 2.24) is 0 Å². The first-order chi connectivity index (χ1) is 8.63. The lowest BCUT2D eigenvalue weighted by molar-refractivity contribution is 0.387. The Bertz CT molecular complexity index is 540. The van der Waals surface area contributed by atoms with Crippen molar-refractivity contribution < 1.29 is 9.13 Å². The van der Waals surface area contributed by atoms with Crippen molar-refractivity contribution in [2.75, 3.05) is 7.11 Å². The van der Waals surface area contributed by atoms with E-state index in [1.165, 1.54) is 7.11 Å². The second-order valence-corrected chi connectivity index (χ2v) is 4.23. The van der Waals surface area contributed by atoms with Crippen LogP contribution in [0.4, 0.5) is 4.39 Å². The first-order valence-electron chi connectivity index (χ1n) is 5.82. The number of hydrogen-bond donors (Lipinski definition) is 1. The van der Waals surface area contributed by atoms with Crippen molar-refractivity contribution in [3.8, 4) is 16.9 Å². The van der Waals surface area contributed by atoms with Gasteiger partial charge in [-0.05, 0) is 24.1 Å². The quantitative estimate of drug-likeness (QED) is 0.925. The summed E-state index contributed by atoms with van der Waals surface area (Å²) in [5.41, 5.74) is 8.16. The third kappa shape index (κ3) is 3.25. The molecule has 1 atom stereocenters. The Morgan fingerprint density at radius 3 is 2.26 bits per heavy atom. The number of halogens is 2. The molecule has 0 spiro atoms. The van der Waals surface area contributed by atoms with E-state index in [1.807, 2.05) is 31.2 Å². The molecule has 0 aliphatic carbocycles. The van der Waals surface area contributed by atoms with Gasteiger partial charge in [0.2, 0.25) is 0 Å². The molecule has 0 aromatic heterocycles. The van der Waals surface area contributed by atoms with Gasteiger partial charge in [0.15, 0.2) is 11.6 Å². The second-order valence-electron chi connectivity index (χ2n) is 4.23. The lowest BCUT2D eigenvalue weighted by Gasteiger charge is -2.09. The summed E-state index contributed by atoms with van der Waals surface area (Å²) in [6, 6.07) is 12.7. The van der Waals surface area contributed by atoms with E-state index in [4.69, 9.17) is 10.5 Å². The first-order valence-corrected chi connectivity index (χ1v) is 5.82. The van der Waals surface area contributed by atoms with Crippen molar-refractivity contribution in [3.63, 3.8) is 0 Å². The van der Waals surface area contributed by atoms with Crippen LogP contribution in [-0.4, -0.2) is 7.11 Å². The highest BCUT2D eigenvalue weighted by Crippen LogP contribution is 2.29. The van der Waals surface area contributed by atoms with Crippen molar-refractivity contribution in [2.24, 2.45) is 5.73 Å². The van der Waals surface area contributed by atoms with Crippen molar-refractivity contribution >= 4 is 12.4 Å². The number of methoxy groups -OCH3 is 1. The number of rotatable bonds is 3. The predicted molar refractivity (Wildman–Crippen MR) is 78.2 cm³/mol. The molecular weight excluding hydrogens is 265 g/mol. The Morgan fingerprint density at radius 1 is 1.11 bits per heavy atom. The molecule has 2 rings (SSSR count). The maximum Gasteiger partial charge on any atom is 0.172 e. The summed E-state index contributed by atoms with van der Waals surface area (Å²) in [5.74, 6) is -0.0858. The molecule has 2 aromatic rings. The normalized spacial score (nSPS) is 11.6. The van der Waals surface area contributed by atoms with Crippen LogP contribution in [0.1, 0.15) is 18.5 Å². The summed E-state index contributed by atoms with van der Waals surface area (Å²) in [5, 5.41) is 0. The highest BCUT2D eigenvalue weighted by atomic mass is 35.5. The molecule has 0 aliphatic rings. The van der Waals surface area contributed by atoms with Crippen molar-refractivity contribution in [1.29, 1.82) is 0 Å². The van der Waals surface area contributed by atoms with Crippen LogP contribution in [0.15, 0.2) is 42.5 Å². The van der Waals surface area contributed by atoms with E-state index >= 15 is 0 Å². The number of ether oxygens (including phenoxy) is 1. The van der Waals surface area contributed by atoms with Gasteiger partial charge in [-0.1, -0.05) is 36.4 Å². The summed E-state index contributed by atoms with van der Waals surface area (Å²) < 4.78 is 19.0. The van der Waals surface area contributed by atoms with E-state index in [9.17, 15) is 4.39 Å². The van der Waals surface area contributed by atoms with Gasteiger partial charge in [0, 0.05) is 11.6 Å². The van der Waals surface area contributed by atoms with Gasteiger partial charge in [-0.3, -0.25) is 0 Å². The lowest BCUT2D eigenvalue weighted by Crippen LogP contribution is -2.04. The van der Waals surface area contributed by atoms with Crippen molar-refractivity contribution in [2.45, 2.75) is 13.0 Å². The molecule has 0 saturated heterocycles. The van der Waals surface area contributed by atoms with E-state index < -0.39 is 0 Å². The molecule has 0 heterocycles. The number of nitrogens with two attached hydrogens (primary N) is 1. The average molecular weight is 282 g/mol. The zero-order chi connectivity index (χ0) is 13.1. The summed E-state index contributed by atoms with van der Waals surface area (Å²) in [4.78, 5) is 0. The molecule has 0 radical (unpaired) electrons. The van der Waals surface area contributed by atoms with E-state index in [1.54, 1.807) is 18.2 Å². The molecule has 0 fully saturated rings. The number of benzene rings is 2. The summed E-state index contributed by atoms with van der Waals surface area (Å²) in [7, 11) is 1.46. The summed E-state index contributed by atoms with van der Waals surface area (Å²) >= 11 is 0. The van der Waals surface area contributed by atoms with Crippen LogP contribution < -0.4 is 10.5 Å². The predicted octanol–water partition coefficient (Wildman–Crippen LogP) is 3.94. The van der Waals surface area contributed by atoms with E-state index in [2.05, 4.69) is 0 Å². The van der Waals surface area contributed by atoms with Crippen LogP contribution in [0.3, 0.4) is 0 Å². The average Bonchev–Trinajstić information content (AvgIpc) is 2.39. The van der Waals surface area contributed by atoms with Gasteiger partial charge in [0.25, 0.3) is 0 Å². The molecule has 0 amide bonds. The zero-order valence-electron chi connectivity index (χ0n) is 10.9. The van der Waals surface area contributed by atoms with Gasteiger partial charge in [-0.25, -0.2) is 4.39 Å². The Hall–Kier alpha value is -1.58. The third-order valence-electron chi connectivity index (χ3n) is 2.93. The topological polar surface area (TPSA) is 35.2 Å². The monoisotopic (exact) mass is 281 g/mol. The van der Waals surface area contributed by atoms with Gasteiger partial charge >= 0.3 is 0 Å². The largest absolute Gasteiger partial charge is 0.494 e. The van der Waals surface area contributed by atoms with Gasteiger partial charge in [-0.2, -0.15) is 0 Å². The lowest BCUT2D eigenvalue weighted by atomic mass is 10.0. The molecule has 4 heteroatoms. The Balaban J connectivity index is 0.00000180. The minimum Gasteiger partial charge on any atom is -0.494 e. The summed E-state index contributed by atoms with van der Waals surface area (Å²) in [6.07, 6.45) is 0. The molecule has 0 saturated carbocycles. The second kappa shape index (κ2) is 6.55. The Kier molecular flexibility index (Phi) is 5.33. The van der Waals surface area contributed by atoms with Gasteiger partial charge in [0.1, 0.15) is 0 Å². The minimum atomic E-state index is -0.339. The van der Waals surface area contributed by atoms with Crippen LogP contribution >= 0.6 is 12.4 Å². The Labute approximate surface area is 118 Å². The van der Waals surface area contributed by atoms with Gasteiger partial charge < -0.3 is 10.5 Å². The first kappa shape index (κ1) is 15.5. The molecule has 0 bridgehead atoms. The molecule has 1 unspecified atom stereocenters. The molecule has 2 aromatic carbocycles. The van der Waals surface area contributed by atoms with Crippen molar-refractivity contribution in [3.05, 3.63) is 53.8 Å². The third-order valence-corrected chi connectivity index (χ3v) is 2.93. The van der Waals surface area contributed by atoms with E-state index in [0.717, 1.165) is 11.1 Å². The highest BCUT2D eigenvalue weighted by Gasteiger charge is 2.10. The zero-order valence-corrected chi connectivity index (χ0v) is 11.7. The summed E-state index contributed by atoms with van der Waals surface area (Å²) in [6.45, 7) is 1.92. The smallest absolute Gasteiger partial charge is 0.172 e. The van der Waals surface area contributed by atoms with Crippen LogP contribution in [0.5, 0.6) is 5.75 Å². The Morgan fingerprint density at radius 2 is 1.74 bits per heavy atom. The van der Waals surface area contributed by atoms with Crippen LogP contribution in [0, 0.1) is 5.82 Å². The fraction of sp³-hybridized carbons (Fsp3) is 0.200. The maximum absolute atomic E-state index is 14.1. The molecule has 0 aliphatic heterocycles. The minimum absolute atomic E-state index is 0.